The first-order valence-electron chi connectivity index (χ1n) is 8.83. The molecule has 5 N–H and O–H groups in total. The number of nitrogens with one attached hydrogen (secondary N) is 1. The lowest BCUT2D eigenvalue weighted by atomic mass is 9.86. The molecule has 1 atom stereocenters. The van der Waals surface area contributed by atoms with Crippen LogP contribution in [-0.4, -0.2) is 34.1 Å². The first-order valence-corrected chi connectivity index (χ1v) is 8.83. The molecule has 0 radical (unpaired) electrons. The molecule has 0 fully saturated rings. The van der Waals surface area contributed by atoms with Crippen LogP contribution < -0.4 is 11.1 Å². The van der Waals surface area contributed by atoms with Crippen LogP contribution in [0.4, 0.5) is 0 Å². The van der Waals surface area contributed by atoms with Crippen LogP contribution in [0.5, 0.6) is 0 Å². The third-order valence-corrected chi connectivity index (χ3v) is 4.41. The van der Waals surface area contributed by atoms with Gasteiger partial charge in [-0.2, -0.15) is 0 Å². The van der Waals surface area contributed by atoms with E-state index in [9.17, 15) is 14.7 Å². The molecular formula is C21H25N3O4. The molecule has 28 heavy (non-hydrogen) atoms. The highest BCUT2D eigenvalue weighted by atomic mass is 16.4. The van der Waals surface area contributed by atoms with Gasteiger partial charge in [-0.25, -0.2) is 4.79 Å². The molecule has 0 bridgehead atoms. The second kappa shape index (κ2) is 8.56. The number of oxime groups is 1. The highest BCUT2D eigenvalue weighted by molar-refractivity contribution is 5.97. The number of carboxylic acids is 1. The van der Waals surface area contributed by atoms with Crippen molar-refractivity contribution in [2.75, 3.05) is 0 Å². The summed E-state index contributed by atoms with van der Waals surface area (Å²) in [6, 6.07) is 12.6. The molecule has 7 nitrogen and oxygen atoms in total. The van der Waals surface area contributed by atoms with Crippen molar-refractivity contribution in [3.05, 3.63) is 70.8 Å². The Kier molecular flexibility index (Phi) is 6.41. The van der Waals surface area contributed by atoms with Crippen LogP contribution in [0, 0.1) is 0 Å². The van der Waals surface area contributed by atoms with E-state index in [-0.39, 0.29) is 17.7 Å². The lowest BCUT2D eigenvalue weighted by Crippen LogP contribution is -2.42. The van der Waals surface area contributed by atoms with Crippen LogP contribution >= 0.6 is 0 Å². The zero-order valence-corrected chi connectivity index (χ0v) is 16.1. The normalized spacial score (nSPS) is 13.0. The Morgan fingerprint density at radius 2 is 1.57 bits per heavy atom. The lowest BCUT2D eigenvalue weighted by molar-refractivity contribution is -0.139. The number of hydrogen-bond donors (Lipinski definition) is 4. The van der Waals surface area contributed by atoms with Crippen molar-refractivity contribution in [1.29, 1.82) is 0 Å². The largest absolute Gasteiger partial charge is 0.480 e. The lowest BCUT2D eigenvalue weighted by Gasteiger charge is -2.19. The predicted molar refractivity (Wildman–Crippen MR) is 107 cm³/mol. The van der Waals surface area contributed by atoms with E-state index in [4.69, 9.17) is 10.9 Å². The second-order valence-electron chi connectivity index (χ2n) is 7.58. The molecular weight excluding hydrogens is 358 g/mol. The number of carbonyl (C=O) groups excluding carboxylic acids is 1. The van der Waals surface area contributed by atoms with Crippen molar-refractivity contribution in [2.45, 2.75) is 38.6 Å². The fourth-order valence-electron chi connectivity index (χ4n) is 2.67. The summed E-state index contributed by atoms with van der Waals surface area (Å²) in [5.74, 6) is -1.60. The number of carbonyl (C=O) groups is 2. The van der Waals surface area contributed by atoms with Gasteiger partial charge >= 0.3 is 5.97 Å². The Balaban J connectivity index is 2.10. The number of benzene rings is 2. The van der Waals surface area contributed by atoms with Crippen molar-refractivity contribution in [3.8, 4) is 0 Å². The topological polar surface area (TPSA) is 125 Å². The minimum Gasteiger partial charge on any atom is -0.480 e. The average molecular weight is 383 g/mol. The van der Waals surface area contributed by atoms with E-state index in [2.05, 4.69) is 31.2 Å². The van der Waals surface area contributed by atoms with Gasteiger partial charge in [-0.1, -0.05) is 62.3 Å². The molecule has 0 aliphatic rings. The Hall–Kier alpha value is -3.35. The first-order chi connectivity index (χ1) is 13.1. The fourth-order valence-corrected chi connectivity index (χ4v) is 2.67. The van der Waals surface area contributed by atoms with E-state index in [1.54, 1.807) is 36.4 Å². The van der Waals surface area contributed by atoms with Crippen LogP contribution in [0.2, 0.25) is 0 Å². The van der Waals surface area contributed by atoms with E-state index < -0.39 is 17.9 Å². The van der Waals surface area contributed by atoms with Gasteiger partial charge in [-0.05, 0) is 28.7 Å². The number of hydrogen-bond acceptors (Lipinski definition) is 4. The summed E-state index contributed by atoms with van der Waals surface area (Å²) in [5.41, 5.74) is 8.18. The van der Waals surface area contributed by atoms with Gasteiger partial charge in [0.15, 0.2) is 5.84 Å². The zero-order chi connectivity index (χ0) is 20.9. The van der Waals surface area contributed by atoms with Gasteiger partial charge in [0.2, 0.25) is 0 Å². The maximum Gasteiger partial charge on any atom is 0.326 e. The molecule has 0 saturated heterocycles. The number of carboxylic acid groups (broad SMARTS) is 1. The molecule has 1 amide bonds. The molecule has 1 unspecified atom stereocenters. The molecule has 2 aromatic carbocycles. The van der Waals surface area contributed by atoms with Crippen LogP contribution in [-0.2, 0) is 16.6 Å². The minimum absolute atomic E-state index is 0.0328. The van der Waals surface area contributed by atoms with Crippen molar-refractivity contribution < 1.29 is 19.9 Å². The average Bonchev–Trinajstić information content (AvgIpc) is 2.66. The molecule has 0 aromatic heterocycles. The SMILES string of the molecule is CC(C)(C)c1ccc(C(=O)NC(Cc2ccc(C(N)=NO)cc2)C(=O)O)cc1. The Bertz CT molecular complexity index is 866. The molecule has 0 aliphatic carbocycles. The Morgan fingerprint density at radius 1 is 1.04 bits per heavy atom. The molecule has 7 heteroatoms. The molecule has 148 valence electrons. The van der Waals surface area contributed by atoms with E-state index >= 15 is 0 Å². The summed E-state index contributed by atoms with van der Waals surface area (Å²) < 4.78 is 0. The maximum absolute atomic E-state index is 12.5. The zero-order valence-electron chi connectivity index (χ0n) is 16.1. The summed E-state index contributed by atoms with van der Waals surface area (Å²) in [5, 5.41) is 23.6. The molecule has 2 rings (SSSR count). The van der Waals surface area contributed by atoms with Crippen LogP contribution in [0.15, 0.2) is 53.7 Å². The van der Waals surface area contributed by atoms with Gasteiger partial charge in [0.05, 0.1) is 0 Å². The molecule has 0 saturated carbocycles. The quantitative estimate of drug-likeness (QED) is 0.264. The predicted octanol–water partition coefficient (Wildman–Crippen LogP) is 2.50. The van der Waals surface area contributed by atoms with Gasteiger partial charge in [0.1, 0.15) is 6.04 Å². The van der Waals surface area contributed by atoms with E-state index in [1.165, 1.54) is 0 Å². The first kappa shape index (κ1) is 21.0. The second-order valence-corrected chi connectivity index (χ2v) is 7.58. The maximum atomic E-state index is 12.5. The Morgan fingerprint density at radius 3 is 2.04 bits per heavy atom. The molecule has 2 aromatic rings. The van der Waals surface area contributed by atoms with Gasteiger partial charge in [-0.15, -0.1) is 0 Å². The minimum atomic E-state index is -1.12. The third-order valence-electron chi connectivity index (χ3n) is 4.41. The smallest absolute Gasteiger partial charge is 0.326 e. The highest BCUT2D eigenvalue weighted by Crippen LogP contribution is 2.22. The summed E-state index contributed by atoms with van der Waals surface area (Å²) >= 11 is 0. The number of rotatable bonds is 6. The van der Waals surface area contributed by atoms with E-state index in [0.29, 0.717) is 16.7 Å². The van der Waals surface area contributed by atoms with Crippen LogP contribution in [0.1, 0.15) is 47.8 Å². The number of nitrogens with two attached hydrogens (primary N) is 1. The molecule has 0 spiro atoms. The highest BCUT2D eigenvalue weighted by Gasteiger charge is 2.22. The molecule has 0 aliphatic heterocycles. The van der Waals surface area contributed by atoms with E-state index in [1.807, 2.05) is 12.1 Å². The van der Waals surface area contributed by atoms with Gasteiger partial charge in [0, 0.05) is 17.5 Å². The monoisotopic (exact) mass is 383 g/mol. The van der Waals surface area contributed by atoms with Gasteiger partial charge < -0.3 is 21.4 Å². The third kappa shape index (κ3) is 5.33. The van der Waals surface area contributed by atoms with E-state index in [0.717, 1.165) is 5.56 Å². The number of aliphatic carboxylic acids is 1. The van der Waals surface area contributed by atoms with Gasteiger partial charge in [0.25, 0.3) is 5.91 Å². The van der Waals surface area contributed by atoms with Gasteiger partial charge in [-0.3, -0.25) is 4.79 Å². The van der Waals surface area contributed by atoms with Crippen molar-refractivity contribution in [3.63, 3.8) is 0 Å². The number of nitrogens with zero attached hydrogens (tertiary/aromatic N) is 1. The summed E-state index contributed by atoms with van der Waals surface area (Å²) in [7, 11) is 0. The van der Waals surface area contributed by atoms with Crippen LogP contribution in [0.25, 0.3) is 0 Å². The summed E-state index contributed by atoms with van der Waals surface area (Å²) in [4.78, 5) is 24.0. The summed E-state index contributed by atoms with van der Waals surface area (Å²) in [6.45, 7) is 6.23. The van der Waals surface area contributed by atoms with Crippen molar-refractivity contribution in [2.24, 2.45) is 10.9 Å². The standard InChI is InChI=1S/C21H25N3O4/c1-21(2,3)16-10-8-15(9-11-16)19(25)23-17(20(26)27)12-13-4-6-14(7-5-13)18(22)24-28/h4-11,17,28H,12H2,1-3H3,(H2,22,24)(H,23,25)(H,26,27). The molecule has 0 heterocycles. The number of amides is 1. The Labute approximate surface area is 163 Å². The fraction of sp³-hybridized carbons (Fsp3) is 0.286. The number of amidine groups is 1. The van der Waals surface area contributed by atoms with Crippen molar-refractivity contribution >= 4 is 17.7 Å². The van der Waals surface area contributed by atoms with Crippen LogP contribution in [0.3, 0.4) is 0 Å². The van der Waals surface area contributed by atoms with Crippen molar-refractivity contribution in [1.82, 2.24) is 5.32 Å². The summed E-state index contributed by atoms with van der Waals surface area (Å²) in [6.07, 6.45) is 0.109.